The second-order valence-electron chi connectivity index (χ2n) is 40.1. The van der Waals surface area contributed by atoms with Gasteiger partial charge in [-0.3, -0.25) is 20.0 Å². The highest BCUT2D eigenvalue weighted by atomic mass is 32.1. The molecule has 8 aromatic heterocycles. The molecule has 16 heteroatoms. The van der Waals surface area contributed by atoms with E-state index in [2.05, 4.69) is 387 Å². The number of nitrogens with zero attached hydrogens (tertiary/aromatic N) is 12. The van der Waals surface area contributed by atoms with Gasteiger partial charge in [0.25, 0.3) is 0 Å². The normalized spacial score (nSPS) is 13.8. The second kappa shape index (κ2) is 46.3. The monoisotopic (exact) mass is 1570 g/mol. The van der Waals surface area contributed by atoms with E-state index < -0.39 is 0 Å². The van der Waals surface area contributed by atoms with Crippen LogP contribution in [0.5, 0.6) is 0 Å². The summed E-state index contributed by atoms with van der Waals surface area (Å²) in [5.74, 6) is 0. The molecule has 1 aliphatic carbocycles. The molecule has 0 unspecified atom stereocenters. The zero-order chi connectivity index (χ0) is 85.7. The van der Waals surface area contributed by atoms with Gasteiger partial charge in [0.1, 0.15) is 6.26 Å². The van der Waals surface area contributed by atoms with Crippen LogP contribution in [0, 0.1) is 21.7 Å². The van der Waals surface area contributed by atoms with E-state index in [0.29, 0.717) is 16.2 Å². The molecule has 14 nitrogen and oxygen atoms in total. The third-order valence-electron chi connectivity index (χ3n) is 16.9. The van der Waals surface area contributed by atoms with Crippen LogP contribution in [0.3, 0.4) is 0 Å². The number of aliphatic imine (C=N–C) groups is 2. The van der Waals surface area contributed by atoms with Gasteiger partial charge in [-0.15, -0.1) is 11.3 Å². The van der Waals surface area contributed by atoms with Crippen molar-refractivity contribution < 1.29 is 8.83 Å². The van der Waals surface area contributed by atoms with Gasteiger partial charge < -0.3 is 8.83 Å². The number of allylic oxidation sites excluding steroid dienone is 8. The standard InChI is InChI=1S/2C9H13N.C9H14.2C8H12N2.2C8H13N.C8H12O.C8H12S.C7H12N2.C7H11NO.C7H11NS/c1-9(2,3)8-4-6-10-7-5-8;1-9(2,3)8-5-4-6-10-7-8;1-9(2,3)8-6-4-5-7-8;1-8(2,3)7-4-5-9-10-6-7;1-8(2,3)7-5-4-6-9-10-7;1-8(2,3)7-4-5-9-6-7;1-8(2,3)7-5-4-6-9-7;2*1-8(2,3)7-4-5-9-6-7;1-7(2,3)6-4-5-8-9-6;2*1-7(2,3)6-4-9-5-8-6/h2*4-7H,1-3H3;4,6-7H,5H2,1-3H3;2*4-6H,1-3H3;4,6H,5H2,1-3H3;5-6H,4H2,1-3H3;2*4-6H,1-3H3;4H,5H2,1-3H3;2*4-5H,1-3H3. The van der Waals surface area contributed by atoms with Crippen molar-refractivity contribution >= 4 is 35.1 Å². The van der Waals surface area contributed by atoms with E-state index in [9.17, 15) is 0 Å². The summed E-state index contributed by atoms with van der Waals surface area (Å²) in [4.78, 5) is 24.6. The SMILES string of the molecule is CC(C)(C)C1=CCC=C1.CC(C)(C)C1=CCC=N1.CC(C)(C)C1=CCN=C1.CC(C)(C)C1=CCN=N1.CC(C)(C)c1cccnc1.CC(C)(C)c1cccnn1.CC(C)(C)c1ccncc1.CC(C)(C)c1ccnnc1.CC(C)(C)c1ccoc1.CC(C)(C)c1ccsc1.CC(C)(C)c1cocn1.CC(C)(C)c1cscn1. The lowest BCUT2D eigenvalue weighted by Crippen LogP contribution is -2.13. The summed E-state index contributed by atoms with van der Waals surface area (Å²) in [5, 5.41) is 29.6. The molecule has 0 saturated carbocycles. The molecule has 112 heavy (non-hydrogen) atoms. The minimum Gasteiger partial charge on any atom is -0.472 e. The first-order chi connectivity index (χ1) is 51.3. The Kier molecular flexibility index (Phi) is 42.2. The van der Waals surface area contributed by atoms with E-state index in [1.807, 2.05) is 66.9 Å². The van der Waals surface area contributed by atoms with Gasteiger partial charge in [-0.1, -0.05) is 286 Å². The molecule has 0 amide bonds. The quantitative estimate of drug-likeness (QED) is 0.142. The van der Waals surface area contributed by atoms with Crippen LogP contribution in [0.1, 0.15) is 307 Å². The van der Waals surface area contributed by atoms with Crippen LogP contribution in [-0.2, 0) is 43.3 Å². The fourth-order valence-corrected chi connectivity index (χ4v) is 10.8. The van der Waals surface area contributed by atoms with Crippen molar-refractivity contribution in [1.29, 1.82) is 0 Å². The Labute approximate surface area is 689 Å². The number of pyridine rings is 2. The van der Waals surface area contributed by atoms with E-state index in [4.69, 9.17) is 8.83 Å². The van der Waals surface area contributed by atoms with Crippen LogP contribution in [-0.4, -0.2) is 65.8 Å². The number of hydrogen-bond donors (Lipinski definition) is 0. The summed E-state index contributed by atoms with van der Waals surface area (Å²) in [6.45, 7) is 80.0. The summed E-state index contributed by atoms with van der Waals surface area (Å²) in [7, 11) is 0. The molecule has 0 radical (unpaired) electrons. The zero-order valence-corrected chi connectivity index (χ0v) is 77.9. The van der Waals surface area contributed by atoms with Crippen LogP contribution in [0.15, 0.2) is 233 Å². The van der Waals surface area contributed by atoms with Gasteiger partial charge in [-0.25, -0.2) is 9.97 Å². The lowest BCUT2D eigenvalue weighted by atomic mass is 9.87. The first-order valence-electron chi connectivity index (χ1n) is 39.3. The van der Waals surface area contributed by atoms with Crippen LogP contribution < -0.4 is 0 Å². The molecule has 3 aliphatic heterocycles. The van der Waals surface area contributed by atoms with Gasteiger partial charge in [0.05, 0.1) is 60.1 Å². The highest BCUT2D eigenvalue weighted by molar-refractivity contribution is 7.08. The van der Waals surface area contributed by atoms with Crippen molar-refractivity contribution in [2.75, 3.05) is 13.1 Å². The van der Waals surface area contributed by atoms with E-state index in [1.165, 1.54) is 56.7 Å². The van der Waals surface area contributed by atoms with Gasteiger partial charge in [0.2, 0.25) is 0 Å². The molecule has 0 atom stereocenters. The summed E-state index contributed by atoms with van der Waals surface area (Å²) in [6.07, 6.45) is 38.5. The van der Waals surface area contributed by atoms with Crippen molar-refractivity contribution in [3.63, 3.8) is 0 Å². The number of hydrogen-bond acceptors (Lipinski definition) is 16. The summed E-state index contributed by atoms with van der Waals surface area (Å²) >= 11 is 3.42. The number of azo groups is 1. The first kappa shape index (κ1) is 102. The van der Waals surface area contributed by atoms with Crippen LogP contribution >= 0.6 is 22.7 Å². The molecular formula is C96H148N12O2S2. The van der Waals surface area contributed by atoms with E-state index in [1.54, 1.807) is 66.3 Å². The Morgan fingerprint density at radius 3 is 1.18 bits per heavy atom. The zero-order valence-electron chi connectivity index (χ0n) is 76.3. The summed E-state index contributed by atoms with van der Waals surface area (Å²) in [5.41, 5.74) is 19.6. The molecular weight excluding hydrogens is 1420 g/mol. The Balaban J connectivity index is 0.000000611. The Morgan fingerprint density at radius 2 is 0.929 bits per heavy atom. The molecule has 8 aromatic rings. The first-order valence-corrected chi connectivity index (χ1v) is 41.2. The van der Waals surface area contributed by atoms with Crippen molar-refractivity contribution in [2.45, 2.75) is 305 Å². The minimum absolute atomic E-state index is 0.118. The molecule has 0 aromatic carbocycles. The Bertz CT molecular complexity index is 3490. The number of thiazole rings is 1. The number of rotatable bonds is 0. The number of furan rings is 1. The van der Waals surface area contributed by atoms with Crippen molar-refractivity contribution in [3.8, 4) is 0 Å². The fraction of sp³-hybridized carbons (Fsp3) is 0.542. The van der Waals surface area contributed by atoms with E-state index >= 15 is 0 Å². The van der Waals surface area contributed by atoms with Crippen molar-refractivity contribution in [3.05, 3.63) is 249 Å². The van der Waals surface area contributed by atoms with Gasteiger partial charge in [0.15, 0.2) is 6.39 Å². The maximum absolute atomic E-state index is 4.94. The number of thiophene rings is 1. The molecule has 0 bridgehead atoms. The second-order valence-corrected chi connectivity index (χ2v) is 41.6. The highest BCUT2D eigenvalue weighted by Crippen LogP contribution is 2.33. The third-order valence-corrected chi connectivity index (χ3v) is 18.2. The van der Waals surface area contributed by atoms with E-state index in [0.717, 1.165) is 43.0 Å². The van der Waals surface area contributed by atoms with Crippen molar-refractivity contribution in [1.82, 2.24) is 40.3 Å². The Morgan fingerprint density at radius 1 is 0.366 bits per heavy atom. The predicted molar refractivity (Wildman–Crippen MR) is 484 cm³/mol. The lowest BCUT2D eigenvalue weighted by molar-refractivity contribution is 0.497. The lowest BCUT2D eigenvalue weighted by Gasteiger charge is -2.18. The van der Waals surface area contributed by atoms with Crippen LogP contribution in [0.2, 0.25) is 0 Å². The topological polar surface area (TPSA) is 179 Å². The maximum atomic E-state index is 4.94. The average Bonchev–Trinajstić information content (AvgIpc) is 1.85. The summed E-state index contributed by atoms with van der Waals surface area (Å²) in [6, 6.07) is 18.3. The molecule has 11 heterocycles. The van der Waals surface area contributed by atoms with Crippen LogP contribution in [0.4, 0.5) is 0 Å². The van der Waals surface area contributed by atoms with Gasteiger partial charge in [-0.2, -0.15) is 42.0 Å². The van der Waals surface area contributed by atoms with Crippen LogP contribution in [0.25, 0.3) is 0 Å². The smallest absolute Gasteiger partial charge is 0.180 e. The Hall–Kier alpha value is -8.08. The molecule has 0 saturated heterocycles. The summed E-state index contributed by atoms with van der Waals surface area (Å²) < 4.78 is 9.77. The molecule has 0 N–H and O–H groups in total. The van der Waals surface area contributed by atoms with Gasteiger partial charge >= 0.3 is 0 Å². The molecule has 616 valence electrons. The average molecular weight is 1570 g/mol. The van der Waals surface area contributed by atoms with Crippen molar-refractivity contribution in [2.24, 2.45) is 41.9 Å². The molecule has 12 rings (SSSR count). The highest BCUT2D eigenvalue weighted by Gasteiger charge is 2.23. The van der Waals surface area contributed by atoms with E-state index in [-0.39, 0.29) is 48.7 Å². The maximum Gasteiger partial charge on any atom is 0.180 e. The van der Waals surface area contributed by atoms with Gasteiger partial charge in [-0.05, 0) is 149 Å². The minimum atomic E-state index is 0.118. The molecule has 0 fully saturated rings. The third kappa shape index (κ3) is 45.0. The number of aromatic nitrogens is 8. The number of oxazole rings is 1. The molecule has 4 aliphatic rings. The molecule has 0 spiro atoms. The largest absolute Gasteiger partial charge is 0.472 e. The fourth-order valence-electron chi connectivity index (χ4n) is 9.12. The predicted octanol–water partition coefficient (Wildman–Crippen LogP) is 28.1. The van der Waals surface area contributed by atoms with Gasteiger partial charge in [0, 0.05) is 94.2 Å².